The van der Waals surface area contributed by atoms with E-state index in [4.69, 9.17) is 21.9 Å². The van der Waals surface area contributed by atoms with Crippen LogP contribution in [0.3, 0.4) is 0 Å². The predicted molar refractivity (Wildman–Crippen MR) is 108 cm³/mol. The average molecular weight is 366 g/mol. The summed E-state index contributed by atoms with van der Waals surface area (Å²) in [6, 6.07) is 17.2. The van der Waals surface area contributed by atoms with Crippen molar-refractivity contribution in [3.05, 3.63) is 60.2 Å². The van der Waals surface area contributed by atoms with Crippen LogP contribution in [0.1, 0.15) is 31.2 Å². The largest absolute Gasteiger partial charge is 0.497 e. The van der Waals surface area contributed by atoms with E-state index >= 15 is 0 Å². The molecule has 0 bridgehead atoms. The second kappa shape index (κ2) is 8.23. The molecular formula is C21H22N2O2S. The van der Waals surface area contributed by atoms with Gasteiger partial charge in [0.25, 0.3) is 0 Å². The highest BCUT2D eigenvalue weighted by Crippen LogP contribution is 2.31. The van der Waals surface area contributed by atoms with E-state index in [1.54, 1.807) is 12.0 Å². The maximum absolute atomic E-state index is 13.1. The van der Waals surface area contributed by atoms with Gasteiger partial charge >= 0.3 is 0 Å². The maximum atomic E-state index is 13.1. The van der Waals surface area contributed by atoms with E-state index in [0.29, 0.717) is 17.2 Å². The SMILES string of the molecule is CCCCN1C(=O)C(c2ccccc2)C(=Nc2ccc(OC)cc2)C1=S. The molecule has 1 amide bonds. The van der Waals surface area contributed by atoms with Gasteiger partial charge in [0.05, 0.1) is 18.5 Å². The quantitative estimate of drug-likeness (QED) is 0.706. The Morgan fingerprint density at radius 3 is 2.42 bits per heavy atom. The average Bonchev–Trinajstić information content (AvgIpc) is 2.91. The number of likely N-dealkylation sites (tertiary alicyclic amines) is 1. The van der Waals surface area contributed by atoms with E-state index < -0.39 is 5.92 Å². The molecule has 1 heterocycles. The van der Waals surface area contributed by atoms with Crippen LogP contribution in [-0.4, -0.2) is 35.2 Å². The second-order valence-electron chi connectivity index (χ2n) is 6.19. The van der Waals surface area contributed by atoms with Crippen LogP contribution in [0.15, 0.2) is 59.6 Å². The van der Waals surface area contributed by atoms with Crippen molar-refractivity contribution in [1.29, 1.82) is 0 Å². The third-order valence-corrected chi connectivity index (χ3v) is 4.87. The van der Waals surface area contributed by atoms with Crippen molar-refractivity contribution < 1.29 is 9.53 Å². The number of hydrogen-bond donors (Lipinski definition) is 0. The summed E-state index contributed by atoms with van der Waals surface area (Å²) in [5.41, 5.74) is 2.33. The fraction of sp³-hybridized carbons (Fsp3) is 0.286. The van der Waals surface area contributed by atoms with Gasteiger partial charge in [-0.1, -0.05) is 55.9 Å². The molecule has 0 saturated carbocycles. The Labute approximate surface area is 159 Å². The highest BCUT2D eigenvalue weighted by atomic mass is 32.1. The highest BCUT2D eigenvalue weighted by Gasteiger charge is 2.42. The summed E-state index contributed by atoms with van der Waals surface area (Å²) in [6.07, 6.45) is 1.93. The van der Waals surface area contributed by atoms with Crippen LogP contribution >= 0.6 is 12.2 Å². The lowest BCUT2D eigenvalue weighted by molar-refractivity contribution is -0.126. The van der Waals surface area contributed by atoms with Crippen LogP contribution in [0.5, 0.6) is 5.75 Å². The zero-order valence-corrected chi connectivity index (χ0v) is 15.8. The lowest BCUT2D eigenvalue weighted by atomic mass is 9.96. The third-order valence-electron chi connectivity index (χ3n) is 4.44. The minimum atomic E-state index is -0.442. The predicted octanol–water partition coefficient (Wildman–Crippen LogP) is 4.52. The lowest BCUT2D eigenvalue weighted by Gasteiger charge is -2.15. The van der Waals surface area contributed by atoms with E-state index in [9.17, 15) is 4.79 Å². The molecule has 1 atom stereocenters. The molecule has 0 radical (unpaired) electrons. The molecular weight excluding hydrogens is 344 g/mol. The molecule has 134 valence electrons. The summed E-state index contributed by atoms with van der Waals surface area (Å²) in [5.74, 6) is 0.341. The van der Waals surface area contributed by atoms with Gasteiger partial charge in [-0.05, 0) is 36.2 Å². The van der Waals surface area contributed by atoms with Crippen molar-refractivity contribution in [2.45, 2.75) is 25.7 Å². The number of carbonyl (C=O) groups is 1. The third kappa shape index (κ3) is 3.68. The maximum Gasteiger partial charge on any atom is 0.241 e. The van der Waals surface area contributed by atoms with Gasteiger partial charge in [0, 0.05) is 6.54 Å². The standard InChI is InChI=1S/C21H22N2O2S/c1-3-4-14-23-20(24)18(15-8-6-5-7-9-15)19(21(23)26)22-16-10-12-17(25-2)13-11-16/h5-13,18H,3-4,14H2,1-2H3. The zero-order valence-electron chi connectivity index (χ0n) is 15.0. The van der Waals surface area contributed by atoms with E-state index in [-0.39, 0.29) is 5.91 Å². The molecule has 0 aliphatic carbocycles. The zero-order chi connectivity index (χ0) is 18.5. The summed E-state index contributed by atoms with van der Waals surface area (Å²) < 4.78 is 5.19. The molecule has 1 unspecified atom stereocenters. The van der Waals surface area contributed by atoms with Gasteiger partial charge in [-0.2, -0.15) is 0 Å². The number of thiocarbonyl (C=S) groups is 1. The smallest absolute Gasteiger partial charge is 0.241 e. The number of unbranched alkanes of at least 4 members (excludes halogenated alkanes) is 1. The molecule has 2 aromatic rings. The Balaban J connectivity index is 2.01. The molecule has 26 heavy (non-hydrogen) atoms. The Morgan fingerprint density at radius 1 is 1.12 bits per heavy atom. The number of carbonyl (C=O) groups excluding carboxylic acids is 1. The molecule has 2 aromatic carbocycles. The highest BCUT2D eigenvalue weighted by molar-refractivity contribution is 7.82. The van der Waals surface area contributed by atoms with Crippen molar-refractivity contribution in [3.8, 4) is 5.75 Å². The van der Waals surface area contributed by atoms with Crippen molar-refractivity contribution in [1.82, 2.24) is 4.90 Å². The van der Waals surface area contributed by atoms with Gasteiger partial charge in [0.1, 0.15) is 16.7 Å². The van der Waals surface area contributed by atoms with E-state index in [1.807, 2.05) is 54.6 Å². The number of nitrogens with zero attached hydrogens (tertiary/aromatic N) is 2. The molecule has 1 aliphatic heterocycles. The molecule has 5 heteroatoms. The van der Waals surface area contributed by atoms with Gasteiger partial charge in [0.15, 0.2) is 0 Å². The van der Waals surface area contributed by atoms with Crippen molar-refractivity contribution in [2.24, 2.45) is 4.99 Å². The number of hydrogen-bond acceptors (Lipinski definition) is 4. The van der Waals surface area contributed by atoms with Gasteiger partial charge in [-0.25, -0.2) is 4.99 Å². The molecule has 1 fully saturated rings. The summed E-state index contributed by atoms with van der Waals surface area (Å²) in [6.45, 7) is 2.74. The molecule has 3 rings (SSSR count). The number of rotatable bonds is 6. The monoisotopic (exact) mass is 366 g/mol. The molecule has 0 spiro atoms. The summed E-state index contributed by atoms with van der Waals surface area (Å²) in [7, 11) is 1.63. The van der Waals surface area contributed by atoms with Crippen LogP contribution in [-0.2, 0) is 4.79 Å². The Kier molecular flexibility index (Phi) is 5.78. The molecule has 4 nitrogen and oxygen atoms in total. The Hall–Kier alpha value is -2.53. The van der Waals surface area contributed by atoms with Gasteiger partial charge in [0.2, 0.25) is 5.91 Å². The van der Waals surface area contributed by atoms with Crippen LogP contribution in [0.25, 0.3) is 0 Å². The van der Waals surface area contributed by atoms with Crippen LogP contribution in [0.4, 0.5) is 5.69 Å². The molecule has 1 saturated heterocycles. The summed E-state index contributed by atoms with van der Waals surface area (Å²) in [4.78, 5) is 20.0. The summed E-state index contributed by atoms with van der Waals surface area (Å²) >= 11 is 5.63. The molecule has 0 aromatic heterocycles. The van der Waals surface area contributed by atoms with Crippen molar-refractivity contribution >= 4 is 34.5 Å². The van der Waals surface area contributed by atoms with Gasteiger partial charge in [-0.15, -0.1) is 0 Å². The summed E-state index contributed by atoms with van der Waals surface area (Å²) in [5, 5.41) is 0. The first-order valence-electron chi connectivity index (χ1n) is 8.79. The number of ether oxygens (including phenoxy) is 1. The van der Waals surface area contributed by atoms with E-state index in [0.717, 1.165) is 29.8 Å². The van der Waals surface area contributed by atoms with Crippen molar-refractivity contribution in [2.75, 3.05) is 13.7 Å². The molecule has 1 aliphatic rings. The lowest BCUT2D eigenvalue weighted by Crippen LogP contribution is -2.30. The van der Waals surface area contributed by atoms with Crippen LogP contribution in [0.2, 0.25) is 0 Å². The number of benzene rings is 2. The first-order chi connectivity index (χ1) is 12.7. The fourth-order valence-corrected chi connectivity index (χ4v) is 3.36. The van der Waals surface area contributed by atoms with Gasteiger partial charge in [-0.3, -0.25) is 4.79 Å². The van der Waals surface area contributed by atoms with Gasteiger partial charge < -0.3 is 9.64 Å². The van der Waals surface area contributed by atoms with Crippen molar-refractivity contribution in [3.63, 3.8) is 0 Å². The Bertz CT molecular complexity index is 816. The van der Waals surface area contributed by atoms with Crippen LogP contribution < -0.4 is 4.74 Å². The van der Waals surface area contributed by atoms with E-state index in [1.165, 1.54) is 0 Å². The minimum Gasteiger partial charge on any atom is -0.497 e. The number of aliphatic imine (C=N–C) groups is 1. The topological polar surface area (TPSA) is 41.9 Å². The normalized spacial score (nSPS) is 18.6. The second-order valence-corrected chi connectivity index (χ2v) is 6.57. The fourth-order valence-electron chi connectivity index (χ4n) is 3.02. The first kappa shape index (κ1) is 18.3. The number of methoxy groups -OCH3 is 1. The minimum absolute atomic E-state index is 0.0157. The molecule has 0 N–H and O–H groups in total. The first-order valence-corrected chi connectivity index (χ1v) is 9.19. The number of amides is 1. The Morgan fingerprint density at radius 2 is 1.81 bits per heavy atom. The van der Waals surface area contributed by atoms with Crippen LogP contribution in [0, 0.1) is 0 Å². The van der Waals surface area contributed by atoms with E-state index in [2.05, 4.69) is 6.92 Å².